The van der Waals surface area contributed by atoms with Crippen molar-refractivity contribution in [2.24, 2.45) is 0 Å². The van der Waals surface area contributed by atoms with E-state index in [4.69, 9.17) is 11.6 Å². The van der Waals surface area contributed by atoms with Crippen LogP contribution in [0.5, 0.6) is 0 Å². The second-order valence-corrected chi connectivity index (χ2v) is 8.83. The number of anilines is 1. The van der Waals surface area contributed by atoms with E-state index in [9.17, 15) is 13.2 Å². The first kappa shape index (κ1) is 17.9. The number of hydrogen-bond acceptors (Lipinski definition) is 3. The van der Waals surface area contributed by atoms with Crippen molar-refractivity contribution < 1.29 is 13.2 Å². The van der Waals surface area contributed by atoms with Gasteiger partial charge in [0.1, 0.15) is 0 Å². The van der Waals surface area contributed by atoms with E-state index in [1.807, 2.05) is 6.07 Å². The smallest absolute Gasteiger partial charge is 0.241 e. The summed E-state index contributed by atoms with van der Waals surface area (Å²) >= 11 is 5.97. The third-order valence-corrected chi connectivity index (χ3v) is 6.24. The highest BCUT2D eigenvalue weighted by Gasteiger charge is 2.39. The molecule has 2 aromatic rings. The van der Waals surface area contributed by atoms with Crippen molar-refractivity contribution in [1.29, 1.82) is 0 Å². The molecule has 0 aliphatic carbocycles. The van der Waals surface area contributed by atoms with E-state index in [2.05, 4.69) is 10.0 Å². The Morgan fingerprint density at radius 1 is 1.16 bits per heavy atom. The van der Waals surface area contributed by atoms with Crippen LogP contribution in [0.2, 0.25) is 5.02 Å². The molecule has 132 valence electrons. The molecule has 0 fully saturated rings. The van der Waals surface area contributed by atoms with Crippen molar-refractivity contribution in [3.05, 3.63) is 58.6 Å². The van der Waals surface area contributed by atoms with Crippen LogP contribution in [-0.4, -0.2) is 14.3 Å². The van der Waals surface area contributed by atoms with E-state index >= 15 is 0 Å². The lowest BCUT2D eigenvalue weighted by atomic mass is 9.86. The van der Waals surface area contributed by atoms with Crippen LogP contribution >= 0.6 is 11.6 Å². The van der Waals surface area contributed by atoms with Crippen LogP contribution in [0.4, 0.5) is 5.69 Å². The number of halogens is 1. The van der Waals surface area contributed by atoms with Crippen molar-refractivity contribution in [1.82, 2.24) is 4.72 Å². The normalized spacial score (nSPS) is 17.0. The van der Waals surface area contributed by atoms with Gasteiger partial charge in [0.25, 0.3) is 0 Å². The van der Waals surface area contributed by atoms with Crippen LogP contribution in [0.3, 0.4) is 0 Å². The summed E-state index contributed by atoms with van der Waals surface area (Å²) in [6.07, 6.45) is 0. The lowest BCUT2D eigenvalue weighted by Gasteiger charge is -2.18. The Kier molecular flexibility index (Phi) is 4.39. The molecule has 1 amide bonds. The summed E-state index contributed by atoms with van der Waals surface area (Å²) in [4.78, 5) is 12.1. The number of nitrogens with one attached hydrogen (secondary N) is 2. The minimum atomic E-state index is -3.74. The monoisotopic (exact) mass is 378 g/mol. The molecular formula is C18H19ClN2O3S. The quantitative estimate of drug-likeness (QED) is 0.853. The molecule has 0 saturated heterocycles. The van der Waals surface area contributed by atoms with E-state index in [-0.39, 0.29) is 10.8 Å². The predicted octanol–water partition coefficient (Wildman–Crippen LogP) is 3.61. The van der Waals surface area contributed by atoms with E-state index in [0.717, 1.165) is 5.56 Å². The van der Waals surface area contributed by atoms with Crippen LogP contribution < -0.4 is 10.0 Å². The molecule has 1 heterocycles. The van der Waals surface area contributed by atoms with Crippen molar-refractivity contribution in [2.75, 3.05) is 5.32 Å². The lowest BCUT2D eigenvalue weighted by molar-refractivity contribution is -0.119. The standard InChI is InChI=1S/C18H19ClN2O3S/c1-11(12-5-4-6-13(19)9-12)21-25(23,24)14-7-8-16-15(10-14)18(2,3)17(22)20-16/h4-11,21H,1-3H3,(H,20,22)/t11-/m0/s1. The average Bonchev–Trinajstić information content (AvgIpc) is 2.76. The third kappa shape index (κ3) is 3.29. The van der Waals surface area contributed by atoms with Crippen LogP contribution in [0.1, 0.15) is 37.9 Å². The number of carbonyl (C=O) groups is 1. The van der Waals surface area contributed by atoms with Gasteiger partial charge >= 0.3 is 0 Å². The molecule has 1 aliphatic rings. The predicted molar refractivity (Wildman–Crippen MR) is 98.3 cm³/mol. The highest BCUT2D eigenvalue weighted by atomic mass is 35.5. The molecule has 0 spiro atoms. The van der Waals surface area contributed by atoms with Crippen LogP contribution in [-0.2, 0) is 20.2 Å². The molecule has 5 nitrogen and oxygen atoms in total. The van der Waals surface area contributed by atoms with Gasteiger partial charge < -0.3 is 5.32 Å². The molecule has 2 aromatic carbocycles. The van der Waals surface area contributed by atoms with Crippen molar-refractivity contribution in [3.63, 3.8) is 0 Å². The second kappa shape index (κ2) is 6.12. The van der Waals surface area contributed by atoms with Gasteiger partial charge in [-0.2, -0.15) is 0 Å². The summed E-state index contributed by atoms with van der Waals surface area (Å²) in [5.74, 6) is -0.141. The van der Waals surface area contributed by atoms with Crippen LogP contribution in [0.15, 0.2) is 47.4 Å². The van der Waals surface area contributed by atoms with Crippen molar-refractivity contribution >= 4 is 33.2 Å². The fourth-order valence-electron chi connectivity index (χ4n) is 2.86. The second-order valence-electron chi connectivity index (χ2n) is 6.68. The third-order valence-electron chi connectivity index (χ3n) is 4.47. The van der Waals surface area contributed by atoms with Gasteiger partial charge in [-0.05, 0) is 62.2 Å². The van der Waals surface area contributed by atoms with Gasteiger partial charge in [0.2, 0.25) is 15.9 Å². The van der Waals surface area contributed by atoms with E-state index in [1.54, 1.807) is 51.1 Å². The lowest BCUT2D eigenvalue weighted by Crippen LogP contribution is -2.28. The minimum Gasteiger partial charge on any atom is -0.325 e. The fourth-order valence-corrected chi connectivity index (χ4v) is 4.32. The van der Waals surface area contributed by atoms with Gasteiger partial charge in [-0.25, -0.2) is 13.1 Å². The molecule has 0 aromatic heterocycles. The first-order valence-electron chi connectivity index (χ1n) is 7.85. The first-order chi connectivity index (χ1) is 11.6. The summed E-state index contributed by atoms with van der Waals surface area (Å²) in [7, 11) is -3.74. The SMILES string of the molecule is C[C@H](NS(=O)(=O)c1ccc2c(c1)C(C)(C)C(=O)N2)c1cccc(Cl)c1. The maximum absolute atomic E-state index is 12.7. The highest BCUT2D eigenvalue weighted by Crippen LogP contribution is 2.38. The Morgan fingerprint density at radius 2 is 1.88 bits per heavy atom. The minimum absolute atomic E-state index is 0.129. The van der Waals surface area contributed by atoms with Crippen LogP contribution in [0, 0.1) is 0 Å². The summed E-state index contributed by atoms with van der Waals surface area (Å²) in [6.45, 7) is 5.30. The summed E-state index contributed by atoms with van der Waals surface area (Å²) in [5.41, 5.74) is 1.33. The number of rotatable bonds is 4. The number of amides is 1. The van der Waals surface area contributed by atoms with Crippen molar-refractivity contribution in [2.45, 2.75) is 37.1 Å². The number of fused-ring (bicyclic) bond motifs is 1. The van der Waals surface area contributed by atoms with Gasteiger partial charge in [0.15, 0.2) is 0 Å². The molecule has 0 saturated carbocycles. The molecule has 0 radical (unpaired) electrons. The Morgan fingerprint density at radius 3 is 2.56 bits per heavy atom. The number of carbonyl (C=O) groups excluding carboxylic acids is 1. The molecule has 7 heteroatoms. The number of hydrogen-bond donors (Lipinski definition) is 2. The van der Waals surface area contributed by atoms with E-state index in [1.165, 1.54) is 6.07 Å². The van der Waals surface area contributed by atoms with Gasteiger partial charge in [-0.1, -0.05) is 23.7 Å². The molecular weight excluding hydrogens is 360 g/mol. The Labute approximate surface area is 152 Å². The zero-order valence-corrected chi connectivity index (χ0v) is 15.7. The molecule has 1 atom stereocenters. The van der Waals surface area contributed by atoms with Crippen LogP contribution in [0.25, 0.3) is 0 Å². The van der Waals surface area contributed by atoms with Gasteiger partial charge in [-0.15, -0.1) is 0 Å². The Hall–Kier alpha value is -1.89. The number of sulfonamides is 1. The molecule has 0 unspecified atom stereocenters. The molecule has 25 heavy (non-hydrogen) atoms. The topological polar surface area (TPSA) is 75.3 Å². The zero-order chi connectivity index (χ0) is 18.4. The van der Waals surface area contributed by atoms with E-state index in [0.29, 0.717) is 16.3 Å². The van der Waals surface area contributed by atoms with Gasteiger partial charge in [0, 0.05) is 16.8 Å². The number of benzene rings is 2. The maximum atomic E-state index is 12.7. The van der Waals surface area contributed by atoms with Gasteiger partial charge in [0.05, 0.1) is 10.3 Å². The van der Waals surface area contributed by atoms with Crippen molar-refractivity contribution in [3.8, 4) is 0 Å². The molecule has 0 bridgehead atoms. The molecule has 1 aliphatic heterocycles. The van der Waals surface area contributed by atoms with E-state index < -0.39 is 21.5 Å². The summed E-state index contributed by atoms with van der Waals surface area (Å²) in [5, 5.41) is 3.32. The Bertz CT molecular complexity index is 955. The highest BCUT2D eigenvalue weighted by molar-refractivity contribution is 7.89. The Balaban J connectivity index is 1.91. The summed E-state index contributed by atoms with van der Waals surface area (Å²) in [6, 6.07) is 11.3. The molecule has 3 rings (SSSR count). The first-order valence-corrected chi connectivity index (χ1v) is 9.71. The zero-order valence-electron chi connectivity index (χ0n) is 14.1. The maximum Gasteiger partial charge on any atom is 0.241 e. The molecule has 2 N–H and O–H groups in total. The van der Waals surface area contributed by atoms with Gasteiger partial charge in [-0.3, -0.25) is 4.79 Å². The summed E-state index contributed by atoms with van der Waals surface area (Å²) < 4.78 is 28.1. The fraction of sp³-hybridized carbons (Fsp3) is 0.278. The largest absolute Gasteiger partial charge is 0.325 e. The average molecular weight is 379 g/mol.